The van der Waals surface area contributed by atoms with Gasteiger partial charge < -0.3 is 15.1 Å². The maximum atomic E-state index is 13.2. The first-order valence-corrected chi connectivity index (χ1v) is 7.75. The Kier molecular flexibility index (Phi) is 4.74. The molecule has 5 nitrogen and oxygen atoms in total. The molecule has 1 N–H and O–H groups in total. The molecule has 1 aliphatic heterocycles. The lowest BCUT2D eigenvalue weighted by Gasteiger charge is -2.34. The van der Waals surface area contributed by atoms with Crippen LogP contribution in [0.4, 0.5) is 14.9 Å². The number of benzene rings is 2. The van der Waals surface area contributed by atoms with E-state index in [0.717, 1.165) is 5.56 Å². The summed E-state index contributed by atoms with van der Waals surface area (Å²) in [6.45, 7) is 1.25. The first-order valence-electron chi connectivity index (χ1n) is 7.75. The molecule has 2 aromatic carbocycles. The molecule has 0 atom stereocenters. The minimum atomic E-state index is -0.319. The zero-order chi connectivity index (χ0) is 16.9. The number of hydrogen-bond donors (Lipinski definition) is 1. The van der Waals surface area contributed by atoms with E-state index < -0.39 is 0 Å². The van der Waals surface area contributed by atoms with Crippen molar-refractivity contribution in [1.29, 1.82) is 0 Å². The van der Waals surface area contributed by atoms with Crippen LogP contribution in [0.3, 0.4) is 0 Å². The Bertz CT molecular complexity index is 736. The standard InChI is InChI=1S/C18H18FN3O2/c19-15-6-4-5-14(11-15)12-21-9-10-22(13-17(21)23)18(24)20-16-7-2-1-3-8-16/h1-8,11H,9-10,12-13H2,(H,20,24). The minimum Gasteiger partial charge on any atom is -0.335 e. The number of hydrogen-bond acceptors (Lipinski definition) is 2. The van der Waals surface area contributed by atoms with Crippen molar-refractivity contribution in [3.05, 3.63) is 66.0 Å². The highest BCUT2D eigenvalue weighted by Crippen LogP contribution is 2.13. The quantitative estimate of drug-likeness (QED) is 0.942. The van der Waals surface area contributed by atoms with Gasteiger partial charge in [-0.25, -0.2) is 9.18 Å². The predicted molar refractivity (Wildman–Crippen MR) is 88.9 cm³/mol. The van der Waals surface area contributed by atoms with Gasteiger partial charge in [0.25, 0.3) is 0 Å². The highest BCUT2D eigenvalue weighted by molar-refractivity contribution is 5.93. The van der Waals surface area contributed by atoms with Crippen LogP contribution in [0.2, 0.25) is 0 Å². The molecule has 6 heteroatoms. The molecule has 24 heavy (non-hydrogen) atoms. The van der Waals surface area contributed by atoms with Crippen LogP contribution in [0.1, 0.15) is 5.56 Å². The summed E-state index contributed by atoms with van der Waals surface area (Å²) in [5.41, 5.74) is 1.43. The minimum absolute atomic E-state index is 0.0218. The molecule has 0 unspecified atom stereocenters. The number of nitrogens with one attached hydrogen (secondary N) is 1. The maximum Gasteiger partial charge on any atom is 0.322 e. The monoisotopic (exact) mass is 327 g/mol. The Morgan fingerprint density at radius 1 is 1.08 bits per heavy atom. The Balaban J connectivity index is 1.57. The molecule has 0 bridgehead atoms. The third-order valence-corrected chi connectivity index (χ3v) is 3.89. The molecule has 3 amide bonds. The van der Waals surface area contributed by atoms with E-state index in [1.54, 1.807) is 29.2 Å². The topological polar surface area (TPSA) is 52.7 Å². The van der Waals surface area contributed by atoms with Crippen molar-refractivity contribution in [1.82, 2.24) is 9.80 Å². The Morgan fingerprint density at radius 2 is 1.88 bits per heavy atom. The smallest absolute Gasteiger partial charge is 0.322 e. The number of piperazine rings is 1. The fourth-order valence-corrected chi connectivity index (χ4v) is 2.63. The van der Waals surface area contributed by atoms with Gasteiger partial charge >= 0.3 is 6.03 Å². The zero-order valence-corrected chi connectivity index (χ0v) is 13.1. The van der Waals surface area contributed by atoms with Crippen LogP contribution in [0.25, 0.3) is 0 Å². The van der Waals surface area contributed by atoms with E-state index in [9.17, 15) is 14.0 Å². The van der Waals surface area contributed by atoms with Gasteiger partial charge in [-0.1, -0.05) is 30.3 Å². The molecule has 3 rings (SSSR count). The molecule has 1 fully saturated rings. The van der Waals surface area contributed by atoms with Crippen LogP contribution in [0, 0.1) is 5.82 Å². The third kappa shape index (κ3) is 3.90. The van der Waals surface area contributed by atoms with Gasteiger partial charge in [0.2, 0.25) is 5.91 Å². The van der Waals surface area contributed by atoms with Gasteiger partial charge in [0.15, 0.2) is 0 Å². The summed E-state index contributed by atoms with van der Waals surface area (Å²) in [7, 11) is 0. The van der Waals surface area contributed by atoms with Gasteiger partial charge in [0, 0.05) is 25.3 Å². The molecule has 0 spiro atoms. The van der Waals surface area contributed by atoms with Gasteiger partial charge in [-0.2, -0.15) is 0 Å². The summed E-state index contributed by atoms with van der Waals surface area (Å²) in [5, 5.41) is 2.77. The second kappa shape index (κ2) is 7.12. The summed E-state index contributed by atoms with van der Waals surface area (Å²) < 4.78 is 13.2. The van der Waals surface area contributed by atoms with Crippen molar-refractivity contribution < 1.29 is 14.0 Å². The first-order chi connectivity index (χ1) is 11.6. The molecule has 124 valence electrons. The molecule has 0 radical (unpaired) electrons. The Hall–Kier alpha value is -2.89. The number of rotatable bonds is 3. The zero-order valence-electron chi connectivity index (χ0n) is 13.1. The molecular weight excluding hydrogens is 309 g/mol. The van der Waals surface area contributed by atoms with Gasteiger partial charge in [-0.15, -0.1) is 0 Å². The molecule has 1 aliphatic rings. The van der Waals surface area contributed by atoms with E-state index in [0.29, 0.717) is 25.3 Å². The average molecular weight is 327 g/mol. The lowest BCUT2D eigenvalue weighted by atomic mass is 10.2. The molecular formula is C18H18FN3O2. The molecule has 0 saturated carbocycles. The second-order valence-electron chi connectivity index (χ2n) is 5.66. The van der Waals surface area contributed by atoms with Gasteiger partial charge in [-0.3, -0.25) is 4.79 Å². The van der Waals surface area contributed by atoms with E-state index in [1.165, 1.54) is 17.0 Å². The highest BCUT2D eigenvalue weighted by atomic mass is 19.1. The Morgan fingerprint density at radius 3 is 2.58 bits per heavy atom. The fourth-order valence-electron chi connectivity index (χ4n) is 2.63. The van der Waals surface area contributed by atoms with Crippen molar-refractivity contribution in [2.75, 3.05) is 25.0 Å². The van der Waals surface area contributed by atoms with Crippen molar-refractivity contribution in [3.8, 4) is 0 Å². The predicted octanol–water partition coefficient (Wildman–Crippen LogP) is 2.70. The van der Waals surface area contributed by atoms with Gasteiger partial charge in [-0.05, 0) is 29.8 Å². The number of carbonyl (C=O) groups excluding carboxylic acids is 2. The molecule has 1 saturated heterocycles. The normalized spacial score (nSPS) is 14.6. The van der Waals surface area contributed by atoms with Crippen LogP contribution in [0.15, 0.2) is 54.6 Å². The van der Waals surface area contributed by atoms with E-state index in [2.05, 4.69) is 5.32 Å². The SMILES string of the molecule is O=C1CN(C(=O)Nc2ccccc2)CCN1Cc1cccc(F)c1. The number of carbonyl (C=O) groups is 2. The van der Waals surface area contributed by atoms with Crippen LogP contribution in [-0.2, 0) is 11.3 Å². The van der Waals surface area contributed by atoms with Crippen molar-refractivity contribution in [2.24, 2.45) is 0 Å². The van der Waals surface area contributed by atoms with Crippen molar-refractivity contribution in [3.63, 3.8) is 0 Å². The average Bonchev–Trinajstić information content (AvgIpc) is 2.57. The number of halogens is 1. The number of nitrogens with zero attached hydrogens (tertiary/aromatic N) is 2. The van der Waals surface area contributed by atoms with Crippen LogP contribution in [0.5, 0.6) is 0 Å². The Labute approximate surface area is 139 Å². The van der Waals surface area contributed by atoms with Crippen molar-refractivity contribution >= 4 is 17.6 Å². The van der Waals surface area contributed by atoms with E-state index in [1.807, 2.05) is 18.2 Å². The van der Waals surface area contributed by atoms with E-state index in [4.69, 9.17) is 0 Å². The summed E-state index contributed by atoms with van der Waals surface area (Å²) in [4.78, 5) is 27.6. The molecule has 2 aromatic rings. The van der Waals surface area contributed by atoms with Crippen LogP contribution < -0.4 is 5.32 Å². The van der Waals surface area contributed by atoms with Crippen molar-refractivity contribution in [2.45, 2.75) is 6.54 Å². The first kappa shape index (κ1) is 16.0. The molecule has 1 heterocycles. The summed E-state index contributed by atoms with van der Waals surface area (Å²) in [6, 6.07) is 15.0. The lowest BCUT2D eigenvalue weighted by Crippen LogP contribution is -2.52. The number of amides is 3. The van der Waals surface area contributed by atoms with E-state index >= 15 is 0 Å². The molecule has 0 aliphatic carbocycles. The van der Waals surface area contributed by atoms with Gasteiger partial charge in [0.1, 0.15) is 12.4 Å². The van der Waals surface area contributed by atoms with E-state index in [-0.39, 0.29) is 24.3 Å². The highest BCUT2D eigenvalue weighted by Gasteiger charge is 2.27. The number of para-hydroxylation sites is 1. The molecule has 0 aromatic heterocycles. The third-order valence-electron chi connectivity index (χ3n) is 3.89. The fraction of sp³-hybridized carbons (Fsp3) is 0.222. The summed E-state index contributed by atoms with van der Waals surface area (Å²) in [6.07, 6.45) is 0. The number of anilines is 1. The summed E-state index contributed by atoms with van der Waals surface area (Å²) in [5.74, 6) is -0.463. The van der Waals surface area contributed by atoms with Crippen LogP contribution in [-0.4, -0.2) is 41.4 Å². The van der Waals surface area contributed by atoms with Crippen LogP contribution >= 0.6 is 0 Å². The largest absolute Gasteiger partial charge is 0.335 e. The number of urea groups is 1. The lowest BCUT2D eigenvalue weighted by molar-refractivity contribution is -0.135. The summed E-state index contributed by atoms with van der Waals surface area (Å²) >= 11 is 0. The van der Waals surface area contributed by atoms with Gasteiger partial charge in [0.05, 0.1) is 0 Å². The second-order valence-corrected chi connectivity index (χ2v) is 5.66. The maximum absolute atomic E-state index is 13.2.